The van der Waals surface area contributed by atoms with Crippen molar-refractivity contribution in [1.82, 2.24) is 20.5 Å². The summed E-state index contributed by atoms with van der Waals surface area (Å²) in [6.07, 6.45) is 3.53. The van der Waals surface area contributed by atoms with Gasteiger partial charge in [0, 0.05) is 37.4 Å². The first-order valence-corrected chi connectivity index (χ1v) is 9.05. The van der Waals surface area contributed by atoms with Gasteiger partial charge in [-0.1, -0.05) is 6.07 Å². The molecule has 2 aromatic rings. The highest BCUT2D eigenvalue weighted by Gasteiger charge is 2.21. The van der Waals surface area contributed by atoms with Crippen LogP contribution in [0.25, 0.3) is 0 Å². The number of carbonyl (C=O) groups excluding carboxylic acids is 2. The summed E-state index contributed by atoms with van der Waals surface area (Å²) in [6, 6.07) is 11.2. The number of amides is 2. The van der Waals surface area contributed by atoms with Gasteiger partial charge in [0.25, 0.3) is 5.91 Å². The molecule has 0 aliphatic carbocycles. The predicted octanol–water partition coefficient (Wildman–Crippen LogP) is 1.73. The van der Waals surface area contributed by atoms with E-state index in [1.807, 2.05) is 18.2 Å². The third kappa shape index (κ3) is 5.86. The third-order valence-electron chi connectivity index (χ3n) is 4.58. The SMILES string of the molecule is O=C(CNC(=O)c1ccc(F)cc1)NC1CCN(Cc2ccccn2)CC1. The van der Waals surface area contributed by atoms with Gasteiger partial charge in [0.05, 0.1) is 12.2 Å². The maximum atomic E-state index is 12.9. The zero-order valence-corrected chi connectivity index (χ0v) is 15.0. The van der Waals surface area contributed by atoms with Crippen LogP contribution in [0.4, 0.5) is 4.39 Å². The zero-order chi connectivity index (χ0) is 19.1. The Bertz CT molecular complexity index is 759. The van der Waals surface area contributed by atoms with Crippen molar-refractivity contribution in [3.05, 3.63) is 65.7 Å². The molecule has 1 aliphatic heterocycles. The quantitative estimate of drug-likeness (QED) is 0.812. The highest BCUT2D eigenvalue weighted by Crippen LogP contribution is 2.12. The molecule has 0 bridgehead atoms. The first-order chi connectivity index (χ1) is 13.1. The molecule has 1 fully saturated rings. The van der Waals surface area contributed by atoms with E-state index in [0.717, 1.165) is 38.2 Å². The molecule has 1 aromatic carbocycles. The summed E-state index contributed by atoms with van der Waals surface area (Å²) in [5.74, 6) is -1.01. The van der Waals surface area contributed by atoms with Crippen LogP contribution in [0, 0.1) is 5.82 Å². The summed E-state index contributed by atoms with van der Waals surface area (Å²) in [5.41, 5.74) is 1.37. The van der Waals surface area contributed by atoms with E-state index in [0.29, 0.717) is 5.56 Å². The smallest absolute Gasteiger partial charge is 0.251 e. The highest BCUT2D eigenvalue weighted by atomic mass is 19.1. The third-order valence-corrected chi connectivity index (χ3v) is 4.58. The molecule has 0 spiro atoms. The summed E-state index contributed by atoms with van der Waals surface area (Å²) >= 11 is 0. The normalized spacial score (nSPS) is 15.3. The lowest BCUT2D eigenvalue weighted by Crippen LogP contribution is -2.47. The first-order valence-electron chi connectivity index (χ1n) is 9.05. The van der Waals surface area contributed by atoms with E-state index in [1.165, 1.54) is 24.3 Å². The zero-order valence-electron chi connectivity index (χ0n) is 15.0. The second-order valence-electron chi connectivity index (χ2n) is 6.63. The molecule has 2 heterocycles. The van der Waals surface area contributed by atoms with Crippen molar-refractivity contribution < 1.29 is 14.0 Å². The van der Waals surface area contributed by atoms with Gasteiger partial charge >= 0.3 is 0 Å². The summed E-state index contributed by atoms with van der Waals surface area (Å²) < 4.78 is 12.9. The first kappa shape index (κ1) is 19.0. The van der Waals surface area contributed by atoms with Crippen molar-refractivity contribution >= 4 is 11.8 Å². The Balaban J connectivity index is 1.36. The largest absolute Gasteiger partial charge is 0.352 e. The van der Waals surface area contributed by atoms with E-state index in [2.05, 4.69) is 20.5 Å². The van der Waals surface area contributed by atoms with Gasteiger partial charge in [-0.15, -0.1) is 0 Å². The Labute approximate surface area is 157 Å². The minimum absolute atomic E-state index is 0.0929. The van der Waals surface area contributed by atoms with Gasteiger partial charge in [-0.05, 0) is 49.2 Å². The molecule has 0 saturated carbocycles. The standard InChI is InChI=1S/C20H23FN4O2/c21-16-6-4-15(5-7-16)20(27)23-13-19(26)24-17-8-11-25(12-9-17)14-18-3-1-2-10-22-18/h1-7,10,17H,8-9,11-14H2,(H,23,27)(H,24,26). The van der Waals surface area contributed by atoms with Crippen LogP contribution in [-0.2, 0) is 11.3 Å². The number of piperidine rings is 1. The molecule has 27 heavy (non-hydrogen) atoms. The second-order valence-corrected chi connectivity index (χ2v) is 6.63. The van der Waals surface area contributed by atoms with Gasteiger partial charge in [0.15, 0.2) is 0 Å². The average molecular weight is 370 g/mol. The molecule has 1 aromatic heterocycles. The number of likely N-dealkylation sites (tertiary alicyclic amines) is 1. The van der Waals surface area contributed by atoms with Crippen LogP contribution in [0.15, 0.2) is 48.7 Å². The summed E-state index contributed by atoms with van der Waals surface area (Å²) in [5, 5.41) is 5.52. The Morgan fingerprint density at radius 3 is 2.52 bits per heavy atom. The fraction of sp³-hybridized carbons (Fsp3) is 0.350. The Morgan fingerprint density at radius 1 is 1.11 bits per heavy atom. The number of hydrogen-bond acceptors (Lipinski definition) is 4. The van der Waals surface area contributed by atoms with Crippen molar-refractivity contribution in [1.29, 1.82) is 0 Å². The van der Waals surface area contributed by atoms with E-state index < -0.39 is 11.7 Å². The molecule has 6 nitrogen and oxygen atoms in total. The number of hydrogen-bond donors (Lipinski definition) is 2. The highest BCUT2D eigenvalue weighted by molar-refractivity contribution is 5.96. The lowest BCUT2D eigenvalue weighted by molar-refractivity contribution is -0.121. The lowest BCUT2D eigenvalue weighted by Gasteiger charge is -2.32. The van der Waals surface area contributed by atoms with E-state index in [1.54, 1.807) is 6.20 Å². The average Bonchev–Trinajstić information content (AvgIpc) is 2.69. The number of nitrogens with zero attached hydrogens (tertiary/aromatic N) is 2. The molecule has 142 valence electrons. The molecule has 1 saturated heterocycles. The van der Waals surface area contributed by atoms with Crippen molar-refractivity contribution in [2.45, 2.75) is 25.4 Å². The van der Waals surface area contributed by atoms with Crippen LogP contribution < -0.4 is 10.6 Å². The number of aromatic nitrogens is 1. The number of nitrogens with one attached hydrogen (secondary N) is 2. The van der Waals surface area contributed by atoms with Crippen LogP contribution in [0.5, 0.6) is 0 Å². The summed E-state index contributed by atoms with van der Waals surface area (Å²) in [6.45, 7) is 2.51. The van der Waals surface area contributed by atoms with E-state index in [-0.39, 0.29) is 18.5 Å². The van der Waals surface area contributed by atoms with Crippen molar-refractivity contribution in [2.75, 3.05) is 19.6 Å². The molecule has 2 N–H and O–H groups in total. The molecule has 0 radical (unpaired) electrons. The molecular formula is C20H23FN4O2. The molecule has 0 unspecified atom stereocenters. The second kappa shape index (κ2) is 9.23. The van der Waals surface area contributed by atoms with Crippen LogP contribution in [-0.4, -0.2) is 47.4 Å². The van der Waals surface area contributed by atoms with Crippen molar-refractivity contribution in [2.24, 2.45) is 0 Å². The van der Waals surface area contributed by atoms with Gasteiger partial charge in [0.1, 0.15) is 5.82 Å². The van der Waals surface area contributed by atoms with E-state index in [9.17, 15) is 14.0 Å². The van der Waals surface area contributed by atoms with Crippen LogP contribution in [0.2, 0.25) is 0 Å². The van der Waals surface area contributed by atoms with Gasteiger partial charge in [0.2, 0.25) is 5.91 Å². The van der Waals surface area contributed by atoms with Crippen LogP contribution in [0.1, 0.15) is 28.9 Å². The van der Waals surface area contributed by atoms with E-state index in [4.69, 9.17) is 0 Å². The molecule has 0 atom stereocenters. The molecular weight excluding hydrogens is 347 g/mol. The monoisotopic (exact) mass is 370 g/mol. The van der Waals surface area contributed by atoms with Gasteiger partial charge in [-0.3, -0.25) is 19.5 Å². The number of benzene rings is 1. The minimum atomic E-state index is -0.404. The minimum Gasteiger partial charge on any atom is -0.352 e. The topological polar surface area (TPSA) is 74.3 Å². The number of rotatable bonds is 6. The molecule has 3 rings (SSSR count). The number of carbonyl (C=O) groups is 2. The number of pyridine rings is 1. The Kier molecular flexibility index (Phi) is 6.49. The predicted molar refractivity (Wildman–Crippen MR) is 99.4 cm³/mol. The van der Waals surface area contributed by atoms with Gasteiger partial charge in [-0.25, -0.2) is 4.39 Å². The molecule has 7 heteroatoms. The summed E-state index contributed by atoms with van der Waals surface area (Å²) in [7, 11) is 0. The maximum Gasteiger partial charge on any atom is 0.251 e. The molecule has 1 aliphatic rings. The van der Waals surface area contributed by atoms with E-state index >= 15 is 0 Å². The van der Waals surface area contributed by atoms with Gasteiger partial charge in [-0.2, -0.15) is 0 Å². The van der Waals surface area contributed by atoms with Gasteiger partial charge < -0.3 is 10.6 Å². The summed E-state index contributed by atoms with van der Waals surface area (Å²) in [4.78, 5) is 30.7. The fourth-order valence-corrected chi connectivity index (χ4v) is 3.10. The number of halogens is 1. The molecule has 2 amide bonds. The Hall–Kier alpha value is -2.80. The fourth-order valence-electron chi connectivity index (χ4n) is 3.10. The van der Waals surface area contributed by atoms with Crippen molar-refractivity contribution in [3.63, 3.8) is 0 Å². The lowest BCUT2D eigenvalue weighted by atomic mass is 10.0. The maximum absolute atomic E-state index is 12.9. The van der Waals surface area contributed by atoms with Crippen LogP contribution >= 0.6 is 0 Å². The van der Waals surface area contributed by atoms with Crippen LogP contribution in [0.3, 0.4) is 0 Å². The van der Waals surface area contributed by atoms with Crippen molar-refractivity contribution in [3.8, 4) is 0 Å². The Morgan fingerprint density at radius 2 is 1.85 bits per heavy atom.